The third kappa shape index (κ3) is 5.13. The number of thiophene rings is 1. The Morgan fingerprint density at radius 1 is 1.32 bits per heavy atom. The third-order valence-corrected chi connectivity index (χ3v) is 7.58. The second-order valence-electron chi connectivity index (χ2n) is 8.87. The average molecular weight is 539 g/mol. The number of benzene rings is 1. The molecule has 1 aliphatic rings. The lowest BCUT2D eigenvalue weighted by Crippen LogP contribution is -2.28. The van der Waals surface area contributed by atoms with Crippen molar-refractivity contribution in [2.24, 2.45) is 11.8 Å². The number of methoxy groups -OCH3 is 1. The number of nitrogens with one attached hydrogen (secondary N) is 2. The van der Waals surface area contributed by atoms with Crippen molar-refractivity contribution in [1.29, 1.82) is 5.41 Å². The SMILES string of the molecule is COC(=O)c1scc(-c2cnc([C@H](CC3CC3)c3ccc(-c4cc(Cl)ccc4N(N)C=N)cn3)[nH]2)c1F. The van der Waals surface area contributed by atoms with E-state index in [0.29, 0.717) is 28.1 Å². The lowest BCUT2D eigenvalue weighted by Gasteiger charge is -2.18. The smallest absolute Gasteiger partial charge is 0.351 e. The summed E-state index contributed by atoms with van der Waals surface area (Å²) in [6.07, 6.45) is 7.55. The van der Waals surface area contributed by atoms with Crippen LogP contribution in [0.5, 0.6) is 0 Å². The Bertz CT molecular complexity index is 1450. The van der Waals surface area contributed by atoms with Crippen molar-refractivity contribution in [1.82, 2.24) is 15.0 Å². The van der Waals surface area contributed by atoms with Crippen LogP contribution in [0.4, 0.5) is 10.1 Å². The van der Waals surface area contributed by atoms with E-state index >= 15 is 0 Å². The molecule has 0 saturated heterocycles. The lowest BCUT2D eigenvalue weighted by molar-refractivity contribution is 0.0601. The van der Waals surface area contributed by atoms with Crippen LogP contribution in [0.2, 0.25) is 5.02 Å². The highest BCUT2D eigenvalue weighted by molar-refractivity contribution is 7.12. The number of rotatable bonds is 9. The maximum absolute atomic E-state index is 14.9. The van der Waals surface area contributed by atoms with Crippen LogP contribution in [0.25, 0.3) is 22.4 Å². The molecule has 0 bridgehead atoms. The molecule has 0 aliphatic heterocycles. The fourth-order valence-electron chi connectivity index (χ4n) is 4.27. The zero-order chi connectivity index (χ0) is 26.1. The number of pyridine rings is 1. The van der Waals surface area contributed by atoms with E-state index in [1.165, 1.54) is 12.1 Å². The zero-order valence-electron chi connectivity index (χ0n) is 19.9. The molecule has 0 radical (unpaired) electrons. The highest BCUT2D eigenvalue weighted by Gasteiger charge is 2.30. The predicted octanol–water partition coefficient (Wildman–Crippen LogP) is 6.00. The van der Waals surface area contributed by atoms with Crippen LogP contribution in [-0.2, 0) is 4.74 Å². The highest BCUT2D eigenvalue weighted by Crippen LogP contribution is 2.41. The Kier molecular flexibility index (Phi) is 7.05. The summed E-state index contributed by atoms with van der Waals surface area (Å²) in [4.78, 5) is 24.3. The number of halogens is 2. The summed E-state index contributed by atoms with van der Waals surface area (Å²) in [6, 6.07) is 9.15. The molecule has 3 aromatic heterocycles. The molecule has 0 amide bonds. The monoisotopic (exact) mass is 538 g/mol. The minimum atomic E-state index is -0.703. The first-order valence-corrected chi connectivity index (χ1v) is 12.9. The predicted molar refractivity (Wildman–Crippen MR) is 143 cm³/mol. The quantitative estimate of drug-likeness (QED) is 0.0790. The number of hydrazine groups is 1. The Morgan fingerprint density at radius 2 is 2.14 bits per heavy atom. The van der Waals surface area contributed by atoms with E-state index in [2.05, 4.69) is 14.7 Å². The summed E-state index contributed by atoms with van der Waals surface area (Å²) in [5.74, 6) is 5.79. The molecule has 8 nitrogen and oxygen atoms in total. The first-order chi connectivity index (χ1) is 17.9. The number of H-pyrrole nitrogens is 1. The van der Waals surface area contributed by atoms with Gasteiger partial charge >= 0.3 is 5.97 Å². The lowest BCUT2D eigenvalue weighted by atomic mass is 9.95. The first kappa shape index (κ1) is 25.1. The van der Waals surface area contributed by atoms with Gasteiger partial charge in [0.05, 0.1) is 36.3 Å². The van der Waals surface area contributed by atoms with E-state index in [0.717, 1.165) is 53.8 Å². The van der Waals surface area contributed by atoms with Crippen molar-refractivity contribution in [3.05, 3.63) is 75.3 Å². The number of aromatic nitrogens is 3. The van der Waals surface area contributed by atoms with Crippen molar-refractivity contribution < 1.29 is 13.9 Å². The largest absolute Gasteiger partial charge is 0.465 e. The molecule has 1 saturated carbocycles. The molecule has 1 aromatic carbocycles. The van der Waals surface area contributed by atoms with Gasteiger partial charge in [0.15, 0.2) is 5.82 Å². The van der Waals surface area contributed by atoms with Crippen LogP contribution in [0.1, 0.15) is 46.4 Å². The summed E-state index contributed by atoms with van der Waals surface area (Å²) in [5.41, 5.74) is 3.80. The van der Waals surface area contributed by atoms with Gasteiger partial charge < -0.3 is 9.72 Å². The topological polar surface area (TPSA) is 121 Å². The fraction of sp³-hybridized carbons (Fsp3) is 0.231. The minimum Gasteiger partial charge on any atom is -0.465 e. The maximum atomic E-state index is 14.9. The van der Waals surface area contributed by atoms with Crippen LogP contribution in [0.3, 0.4) is 0 Å². The molecule has 11 heteroatoms. The molecule has 190 valence electrons. The van der Waals surface area contributed by atoms with E-state index in [9.17, 15) is 9.18 Å². The van der Waals surface area contributed by atoms with Gasteiger partial charge in [0.25, 0.3) is 0 Å². The van der Waals surface area contributed by atoms with Crippen molar-refractivity contribution in [3.63, 3.8) is 0 Å². The summed E-state index contributed by atoms with van der Waals surface area (Å²) >= 11 is 7.23. The number of ether oxygens (including phenoxy) is 1. The summed E-state index contributed by atoms with van der Waals surface area (Å²) in [7, 11) is 1.23. The van der Waals surface area contributed by atoms with Crippen LogP contribution < -0.4 is 10.9 Å². The number of esters is 1. The number of carbonyl (C=O) groups is 1. The van der Waals surface area contributed by atoms with Crippen LogP contribution in [0, 0.1) is 17.1 Å². The Labute approximate surface area is 221 Å². The number of nitrogens with two attached hydrogens (primary N) is 1. The molecule has 1 fully saturated rings. The summed E-state index contributed by atoms with van der Waals surface area (Å²) < 4.78 is 19.5. The van der Waals surface area contributed by atoms with Gasteiger partial charge in [0, 0.05) is 33.3 Å². The van der Waals surface area contributed by atoms with E-state index in [1.807, 2.05) is 12.1 Å². The molecular formula is C26H24ClFN6O2S. The molecule has 5 rings (SSSR count). The van der Waals surface area contributed by atoms with E-state index < -0.39 is 11.8 Å². The molecule has 3 heterocycles. The van der Waals surface area contributed by atoms with Crippen LogP contribution >= 0.6 is 22.9 Å². The molecular weight excluding hydrogens is 515 g/mol. The molecule has 1 aliphatic carbocycles. The molecule has 37 heavy (non-hydrogen) atoms. The van der Waals surface area contributed by atoms with Crippen LogP contribution in [-0.4, -0.2) is 34.4 Å². The summed E-state index contributed by atoms with van der Waals surface area (Å²) in [5, 5.41) is 10.8. The van der Waals surface area contributed by atoms with E-state index in [-0.39, 0.29) is 16.4 Å². The van der Waals surface area contributed by atoms with Crippen molar-refractivity contribution in [3.8, 4) is 22.4 Å². The second-order valence-corrected chi connectivity index (χ2v) is 10.2. The first-order valence-electron chi connectivity index (χ1n) is 11.6. The van der Waals surface area contributed by atoms with Crippen LogP contribution in [0.15, 0.2) is 48.1 Å². The molecule has 0 spiro atoms. The van der Waals surface area contributed by atoms with E-state index in [4.69, 9.17) is 27.8 Å². The Morgan fingerprint density at radius 3 is 2.81 bits per heavy atom. The van der Waals surface area contributed by atoms with Gasteiger partial charge in [0.1, 0.15) is 17.0 Å². The second kappa shape index (κ2) is 10.4. The van der Waals surface area contributed by atoms with E-state index in [1.54, 1.807) is 36.0 Å². The van der Waals surface area contributed by atoms with Gasteiger partial charge in [-0.1, -0.05) is 30.5 Å². The van der Waals surface area contributed by atoms with Gasteiger partial charge in [-0.3, -0.25) is 15.4 Å². The Hall–Kier alpha value is -3.60. The Balaban J connectivity index is 1.46. The number of anilines is 1. The fourth-order valence-corrected chi connectivity index (χ4v) is 5.30. The standard InChI is InChI=1S/C26H24ClFN6O2S/c1-36-26(35)24-23(28)19(12-37-24)21-11-32-25(33-21)18(8-14-2-3-14)20-6-4-15(10-31-20)17-9-16(27)5-7-22(17)34(30)13-29/h4-7,9-14,18,29H,2-3,8,30H2,1H3,(H,32,33)/t18-/m1/s1. The number of aromatic amines is 1. The normalized spacial score (nSPS) is 13.8. The van der Waals surface area contributed by atoms with Crippen molar-refractivity contribution in [2.45, 2.75) is 25.2 Å². The van der Waals surface area contributed by atoms with Gasteiger partial charge in [-0.25, -0.2) is 20.0 Å². The molecule has 4 aromatic rings. The van der Waals surface area contributed by atoms with Crippen molar-refractivity contribution in [2.75, 3.05) is 12.1 Å². The molecule has 4 N–H and O–H groups in total. The maximum Gasteiger partial charge on any atom is 0.351 e. The number of nitrogens with zero attached hydrogens (tertiary/aromatic N) is 3. The number of carbonyl (C=O) groups excluding carboxylic acids is 1. The summed E-state index contributed by atoms with van der Waals surface area (Å²) in [6.45, 7) is 0. The number of hydrogen-bond donors (Lipinski definition) is 3. The molecule has 1 atom stereocenters. The number of imidazole rings is 1. The molecule has 0 unspecified atom stereocenters. The zero-order valence-corrected chi connectivity index (χ0v) is 21.4. The van der Waals surface area contributed by atoms with Gasteiger partial charge in [-0.2, -0.15) is 0 Å². The minimum absolute atomic E-state index is 0.0696. The van der Waals surface area contributed by atoms with Gasteiger partial charge in [-0.15, -0.1) is 11.3 Å². The number of hydrogen-bond acceptors (Lipinski definition) is 7. The van der Waals surface area contributed by atoms with Crippen molar-refractivity contribution >= 4 is 40.9 Å². The third-order valence-electron chi connectivity index (χ3n) is 6.41. The highest BCUT2D eigenvalue weighted by atomic mass is 35.5. The van der Waals surface area contributed by atoms with Gasteiger partial charge in [-0.05, 0) is 36.6 Å². The average Bonchev–Trinajstić information content (AvgIpc) is 3.47. The van der Waals surface area contributed by atoms with Gasteiger partial charge in [0.2, 0.25) is 0 Å².